The summed E-state index contributed by atoms with van der Waals surface area (Å²) in [5.41, 5.74) is -0.796. The number of hydrogen-bond acceptors (Lipinski definition) is 3. The van der Waals surface area contributed by atoms with E-state index in [1.807, 2.05) is 6.92 Å². The van der Waals surface area contributed by atoms with Crippen molar-refractivity contribution in [1.82, 2.24) is 5.32 Å². The number of carboxylic acids is 1. The number of aliphatic carboxylic acids is 1. The summed E-state index contributed by atoms with van der Waals surface area (Å²) in [4.78, 5) is 23.6. The van der Waals surface area contributed by atoms with E-state index in [-0.39, 0.29) is 12.5 Å². The van der Waals surface area contributed by atoms with E-state index in [1.165, 1.54) is 0 Å². The molecular weight excluding hydrogens is 270 g/mol. The molecule has 0 heterocycles. The smallest absolute Gasteiger partial charge is 0.307 e. The van der Waals surface area contributed by atoms with Crippen LogP contribution in [0.2, 0.25) is 0 Å². The summed E-state index contributed by atoms with van der Waals surface area (Å²) in [6, 6.07) is 0. The lowest BCUT2D eigenvalue weighted by Crippen LogP contribution is -2.46. The first-order chi connectivity index (χ1) is 9.95. The second-order valence-electron chi connectivity index (χ2n) is 6.80. The molecule has 2 fully saturated rings. The number of hydrogen-bond donors (Lipinski definition) is 3. The van der Waals surface area contributed by atoms with Gasteiger partial charge in [0, 0.05) is 6.54 Å². The van der Waals surface area contributed by atoms with Crippen molar-refractivity contribution in [3.05, 3.63) is 0 Å². The van der Waals surface area contributed by atoms with Crippen molar-refractivity contribution >= 4 is 11.9 Å². The Bertz CT molecular complexity index is 390. The van der Waals surface area contributed by atoms with Crippen molar-refractivity contribution in [3.8, 4) is 0 Å². The summed E-state index contributed by atoms with van der Waals surface area (Å²) in [5, 5.41) is 22.5. The van der Waals surface area contributed by atoms with Crippen LogP contribution in [0.5, 0.6) is 0 Å². The van der Waals surface area contributed by atoms with Crippen LogP contribution in [0.3, 0.4) is 0 Å². The van der Waals surface area contributed by atoms with Crippen LogP contribution in [-0.4, -0.2) is 34.2 Å². The third kappa shape index (κ3) is 3.96. The number of carboxylic acid groups (broad SMARTS) is 1. The van der Waals surface area contributed by atoms with Crippen LogP contribution in [0.1, 0.15) is 58.3 Å². The van der Waals surface area contributed by atoms with E-state index >= 15 is 0 Å². The third-order valence-corrected chi connectivity index (χ3v) is 5.27. The first-order valence-electron chi connectivity index (χ1n) is 8.18. The molecule has 21 heavy (non-hydrogen) atoms. The van der Waals surface area contributed by atoms with Gasteiger partial charge in [0.25, 0.3) is 0 Å². The molecule has 1 unspecified atom stereocenters. The number of carbonyl (C=O) groups is 2. The highest BCUT2D eigenvalue weighted by Crippen LogP contribution is 2.38. The van der Waals surface area contributed by atoms with E-state index in [1.54, 1.807) is 0 Å². The zero-order valence-electron chi connectivity index (χ0n) is 12.8. The predicted molar refractivity (Wildman–Crippen MR) is 78.7 cm³/mol. The molecule has 1 amide bonds. The molecule has 2 aliphatic carbocycles. The molecule has 0 spiro atoms. The van der Waals surface area contributed by atoms with Gasteiger partial charge in [0.2, 0.25) is 5.91 Å². The maximum Gasteiger partial charge on any atom is 0.307 e. The Morgan fingerprint density at radius 3 is 2.33 bits per heavy atom. The maximum atomic E-state index is 12.3. The van der Waals surface area contributed by atoms with Crippen LogP contribution in [-0.2, 0) is 9.59 Å². The predicted octanol–water partition coefficient (Wildman–Crippen LogP) is 1.93. The zero-order chi connectivity index (χ0) is 15.5. The minimum Gasteiger partial charge on any atom is -0.481 e. The lowest BCUT2D eigenvalue weighted by molar-refractivity contribution is -0.146. The Kier molecular flexibility index (Phi) is 5.25. The average molecular weight is 297 g/mol. The maximum absolute atomic E-state index is 12.3. The largest absolute Gasteiger partial charge is 0.481 e. The van der Waals surface area contributed by atoms with Gasteiger partial charge in [-0.2, -0.15) is 0 Å². The molecule has 3 atom stereocenters. The topological polar surface area (TPSA) is 86.6 Å². The lowest BCUT2D eigenvalue weighted by atomic mass is 9.84. The molecule has 5 heteroatoms. The summed E-state index contributed by atoms with van der Waals surface area (Å²) in [6.45, 7) is 2.29. The summed E-state index contributed by atoms with van der Waals surface area (Å²) in [6.07, 6.45) is 6.72. The highest BCUT2D eigenvalue weighted by Gasteiger charge is 2.42. The second kappa shape index (κ2) is 6.77. The molecule has 0 aromatic carbocycles. The monoisotopic (exact) mass is 297 g/mol. The van der Waals surface area contributed by atoms with Gasteiger partial charge >= 0.3 is 5.97 Å². The highest BCUT2D eigenvalue weighted by atomic mass is 16.4. The van der Waals surface area contributed by atoms with Gasteiger partial charge in [-0.3, -0.25) is 9.59 Å². The molecule has 0 bridgehead atoms. The normalized spacial score (nSPS) is 31.8. The van der Waals surface area contributed by atoms with E-state index in [0.717, 1.165) is 38.5 Å². The van der Waals surface area contributed by atoms with Crippen molar-refractivity contribution in [2.45, 2.75) is 63.9 Å². The van der Waals surface area contributed by atoms with Crippen LogP contribution >= 0.6 is 0 Å². The molecule has 3 N–H and O–H groups in total. The van der Waals surface area contributed by atoms with Crippen molar-refractivity contribution < 1.29 is 19.8 Å². The molecule has 0 aliphatic heterocycles. The molecule has 2 aliphatic rings. The second-order valence-corrected chi connectivity index (χ2v) is 6.80. The lowest BCUT2D eigenvalue weighted by Gasteiger charge is -2.32. The molecule has 5 nitrogen and oxygen atoms in total. The zero-order valence-corrected chi connectivity index (χ0v) is 12.8. The fourth-order valence-electron chi connectivity index (χ4n) is 3.81. The Hall–Kier alpha value is -1.10. The molecule has 0 aromatic rings. The number of rotatable bonds is 5. The van der Waals surface area contributed by atoms with E-state index < -0.39 is 23.4 Å². The van der Waals surface area contributed by atoms with Crippen molar-refractivity contribution in [2.24, 2.45) is 17.8 Å². The third-order valence-electron chi connectivity index (χ3n) is 5.27. The van der Waals surface area contributed by atoms with Crippen molar-refractivity contribution in [1.29, 1.82) is 0 Å². The van der Waals surface area contributed by atoms with Crippen LogP contribution in [0.25, 0.3) is 0 Å². The van der Waals surface area contributed by atoms with E-state index in [9.17, 15) is 19.8 Å². The number of nitrogens with one attached hydrogen (secondary N) is 1. The van der Waals surface area contributed by atoms with Crippen molar-refractivity contribution in [2.75, 3.05) is 6.54 Å². The highest BCUT2D eigenvalue weighted by molar-refractivity contribution is 5.85. The Morgan fingerprint density at radius 1 is 1.14 bits per heavy atom. The Morgan fingerprint density at radius 2 is 1.76 bits per heavy atom. The standard InChI is InChI=1S/C16H27NO4/c1-2-11-8-12(13(9-11)15(19)20)14(18)17-10-16(21)6-4-3-5-7-16/h11-13,21H,2-10H2,1H3,(H,17,18)(H,19,20)/t11?,12-,13+/m0/s1. The van der Waals surface area contributed by atoms with Gasteiger partial charge in [0.15, 0.2) is 0 Å². The van der Waals surface area contributed by atoms with Crippen LogP contribution in [0, 0.1) is 17.8 Å². The SMILES string of the molecule is CCC1C[C@H](C(=O)NCC2(O)CCCCC2)[C@H](C(=O)O)C1. The van der Waals surface area contributed by atoms with Gasteiger partial charge in [-0.1, -0.05) is 32.6 Å². The number of aliphatic hydroxyl groups is 1. The van der Waals surface area contributed by atoms with Crippen LogP contribution in [0.15, 0.2) is 0 Å². The quantitative estimate of drug-likeness (QED) is 0.723. The minimum absolute atomic E-state index is 0.197. The van der Waals surface area contributed by atoms with Gasteiger partial charge in [-0.15, -0.1) is 0 Å². The fraction of sp³-hybridized carbons (Fsp3) is 0.875. The first kappa shape index (κ1) is 16.3. The summed E-state index contributed by atoms with van der Waals surface area (Å²) >= 11 is 0. The van der Waals surface area contributed by atoms with Crippen molar-refractivity contribution in [3.63, 3.8) is 0 Å². The van der Waals surface area contributed by atoms with Gasteiger partial charge in [0.05, 0.1) is 17.4 Å². The minimum atomic E-state index is -0.873. The summed E-state index contributed by atoms with van der Waals surface area (Å²) < 4.78 is 0. The number of carbonyl (C=O) groups excluding carboxylic acids is 1. The van der Waals surface area contributed by atoms with E-state index in [2.05, 4.69) is 5.32 Å². The van der Waals surface area contributed by atoms with E-state index in [4.69, 9.17) is 0 Å². The van der Waals surface area contributed by atoms with Gasteiger partial charge in [-0.25, -0.2) is 0 Å². The Balaban J connectivity index is 1.91. The van der Waals surface area contributed by atoms with Crippen LogP contribution in [0.4, 0.5) is 0 Å². The molecule has 120 valence electrons. The molecule has 0 aromatic heterocycles. The number of amides is 1. The molecule has 0 radical (unpaired) electrons. The molecule has 0 saturated heterocycles. The molecular formula is C16H27NO4. The average Bonchev–Trinajstić information content (AvgIpc) is 2.90. The van der Waals surface area contributed by atoms with Crippen LogP contribution < -0.4 is 5.32 Å². The summed E-state index contributed by atoms with van der Waals surface area (Å²) in [5.74, 6) is -1.77. The fourth-order valence-corrected chi connectivity index (χ4v) is 3.81. The Labute approximate surface area is 126 Å². The van der Waals surface area contributed by atoms with Gasteiger partial charge < -0.3 is 15.5 Å². The first-order valence-corrected chi connectivity index (χ1v) is 8.18. The van der Waals surface area contributed by atoms with E-state index in [0.29, 0.717) is 18.8 Å². The van der Waals surface area contributed by atoms with Gasteiger partial charge in [0.1, 0.15) is 0 Å². The summed E-state index contributed by atoms with van der Waals surface area (Å²) in [7, 11) is 0. The van der Waals surface area contributed by atoms with Gasteiger partial charge in [-0.05, 0) is 31.6 Å². The molecule has 2 saturated carbocycles. The molecule has 2 rings (SSSR count).